The van der Waals surface area contributed by atoms with Crippen LogP contribution in [-0.2, 0) is 28.7 Å². The summed E-state index contributed by atoms with van der Waals surface area (Å²) in [5, 5.41) is 8.40. The summed E-state index contributed by atoms with van der Waals surface area (Å²) in [6.07, 6.45) is 2.04. The molecule has 0 aromatic heterocycles. The molecule has 276 valence electrons. The number of hydrogen-bond donors (Lipinski definition) is 5. The molecule has 1 unspecified atom stereocenters. The Bertz CT molecular complexity index is 1300. The molecule has 0 aromatic carbocycles. The van der Waals surface area contributed by atoms with Crippen LogP contribution >= 0.6 is 0 Å². The van der Waals surface area contributed by atoms with Crippen LogP contribution in [0.15, 0.2) is 0 Å². The highest BCUT2D eigenvalue weighted by Gasteiger charge is 2.47. The highest BCUT2D eigenvalue weighted by atomic mass is 16.6. The van der Waals surface area contributed by atoms with E-state index in [0.717, 1.165) is 25.7 Å². The second-order valence-corrected chi connectivity index (χ2v) is 16.9. The van der Waals surface area contributed by atoms with E-state index in [1.165, 1.54) is 4.90 Å². The highest BCUT2D eigenvalue weighted by Crippen LogP contribution is 2.33. The van der Waals surface area contributed by atoms with Gasteiger partial charge in [-0.25, -0.2) is 9.59 Å². The first-order chi connectivity index (χ1) is 22.5. The molecule has 0 bridgehead atoms. The fourth-order valence-corrected chi connectivity index (χ4v) is 6.54. The van der Waals surface area contributed by atoms with Gasteiger partial charge in [0, 0.05) is 25.9 Å². The molecule has 15 heteroatoms. The first-order valence-corrected chi connectivity index (χ1v) is 17.2. The van der Waals surface area contributed by atoms with Crippen molar-refractivity contribution in [3.63, 3.8) is 0 Å². The number of ketones is 1. The minimum Gasteiger partial charge on any atom is -0.444 e. The Morgan fingerprint density at radius 1 is 0.959 bits per heavy atom. The van der Waals surface area contributed by atoms with Crippen LogP contribution in [0.2, 0.25) is 0 Å². The summed E-state index contributed by atoms with van der Waals surface area (Å²) < 4.78 is 5.18. The summed E-state index contributed by atoms with van der Waals surface area (Å²) in [6.45, 7) is 15.9. The van der Waals surface area contributed by atoms with Crippen molar-refractivity contribution >= 4 is 41.5 Å². The van der Waals surface area contributed by atoms with Crippen molar-refractivity contribution in [3.05, 3.63) is 0 Å². The van der Waals surface area contributed by atoms with Crippen molar-refractivity contribution in [3.8, 4) is 0 Å². The van der Waals surface area contributed by atoms with Gasteiger partial charge in [0.1, 0.15) is 18.2 Å². The molecule has 1 aliphatic carbocycles. The lowest BCUT2D eigenvalue weighted by atomic mass is 9.80. The minimum absolute atomic E-state index is 0.0222. The number of nitrogens with two attached hydrogens (primary N) is 2. The van der Waals surface area contributed by atoms with Gasteiger partial charge in [0.25, 0.3) is 5.91 Å². The van der Waals surface area contributed by atoms with Crippen molar-refractivity contribution in [1.29, 1.82) is 0 Å². The molecular weight excluding hydrogens is 634 g/mol. The Labute approximate surface area is 289 Å². The van der Waals surface area contributed by atoms with Gasteiger partial charge in [-0.1, -0.05) is 74.7 Å². The third kappa shape index (κ3) is 10.8. The molecule has 1 saturated carbocycles. The van der Waals surface area contributed by atoms with Gasteiger partial charge in [0.15, 0.2) is 0 Å². The molecule has 2 aliphatic heterocycles. The van der Waals surface area contributed by atoms with Crippen LogP contribution in [-0.4, -0.2) is 101 Å². The van der Waals surface area contributed by atoms with E-state index in [0.29, 0.717) is 19.5 Å². The maximum Gasteiger partial charge on any atom is 0.404 e. The lowest BCUT2D eigenvalue weighted by Gasteiger charge is -2.41. The Balaban J connectivity index is 1.81. The SMILES string of the molecule is CC1(C)CCN(C[C@@H](NC(=O)N[C@H](C(=O)N2C[C@H](OC(N)=O)C[C@H]2C(=O)NC(CC2CCC2)C(=O)C(N)=O)C(C)(C)C)C(C)(C)C)C(=O)C1. The van der Waals surface area contributed by atoms with Crippen molar-refractivity contribution in [2.75, 3.05) is 19.6 Å². The van der Waals surface area contributed by atoms with Crippen LogP contribution in [0, 0.1) is 22.2 Å². The van der Waals surface area contributed by atoms with E-state index in [-0.39, 0.29) is 36.6 Å². The molecule has 5 atom stereocenters. The Morgan fingerprint density at radius 2 is 1.59 bits per heavy atom. The number of likely N-dealkylation sites (tertiary alicyclic amines) is 2. The Hall–Kier alpha value is -3.91. The van der Waals surface area contributed by atoms with Crippen molar-refractivity contribution in [2.45, 2.75) is 131 Å². The van der Waals surface area contributed by atoms with Crippen molar-refractivity contribution in [1.82, 2.24) is 25.8 Å². The largest absolute Gasteiger partial charge is 0.444 e. The molecular formula is C34H57N7O8. The number of rotatable bonds is 12. The number of carbonyl (C=O) groups excluding carboxylic acids is 7. The second kappa shape index (κ2) is 15.3. The summed E-state index contributed by atoms with van der Waals surface area (Å²) in [6, 6.07) is -4.60. The summed E-state index contributed by atoms with van der Waals surface area (Å²) in [5.74, 6) is -3.28. The van der Waals surface area contributed by atoms with Crippen LogP contribution in [0.3, 0.4) is 0 Å². The number of hydrogen-bond acceptors (Lipinski definition) is 8. The molecule has 49 heavy (non-hydrogen) atoms. The molecule has 0 aromatic rings. The summed E-state index contributed by atoms with van der Waals surface area (Å²) in [5.41, 5.74) is 9.16. The third-order valence-electron chi connectivity index (χ3n) is 9.98. The zero-order valence-electron chi connectivity index (χ0n) is 30.4. The molecule has 3 rings (SSSR count). The van der Waals surface area contributed by atoms with Gasteiger partial charge < -0.3 is 42.0 Å². The Kier molecular flexibility index (Phi) is 12.4. The topological polar surface area (TPSA) is 223 Å². The van der Waals surface area contributed by atoms with Gasteiger partial charge >= 0.3 is 12.1 Å². The quantitative estimate of drug-likeness (QED) is 0.188. The molecule has 2 heterocycles. The fourth-order valence-electron chi connectivity index (χ4n) is 6.54. The van der Waals surface area contributed by atoms with Crippen LogP contribution in [0.1, 0.15) is 100 Å². The predicted molar refractivity (Wildman–Crippen MR) is 180 cm³/mol. The smallest absolute Gasteiger partial charge is 0.404 e. The maximum atomic E-state index is 14.3. The predicted octanol–water partition coefficient (Wildman–Crippen LogP) is 1.56. The zero-order chi connectivity index (χ0) is 37.1. The molecule has 0 spiro atoms. The van der Waals surface area contributed by atoms with Crippen LogP contribution < -0.4 is 27.4 Å². The molecule has 2 saturated heterocycles. The summed E-state index contributed by atoms with van der Waals surface area (Å²) in [4.78, 5) is 93.6. The number of urea groups is 1. The van der Waals surface area contributed by atoms with Gasteiger partial charge in [-0.2, -0.15) is 0 Å². The first kappa shape index (κ1) is 39.5. The molecule has 0 radical (unpaired) electrons. The van der Waals surface area contributed by atoms with Gasteiger partial charge in [0.05, 0.1) is 18.6 Å². The zero-order valence-corrected chi connectivity index (χ0v) is 30.4. The summed E-state index contributed by atoms with van der Waals surface area (Å²) in [7, 11) is 0. The van der Waals surface area contributed by atoms with E-state index in [2.05, 4.69) is 29.8 Å². The van der Waals surface area contributed by atoms with Gasteiger partial charge in [-0.05, 0) is 35.0 Å². The maximum absolute atomic E-state index is 14.3. The van der Waals surface area contributed by atoms with Crippen LogP contribution in [0.25, 0.3) is 0 Å². The molecule has 7 N–H and O–H groups in total. The number of carbonyl (C=O) groups is 7. The van der Waals surface area contributed by atoms with E-state index in [9.17, 15) is 33.6 Å². The van der Waals surface area contributed by atoms with Gasteiger partial charge in [-0.3, -0.25) is 24.0 Å². The van der Waals surface area contributed by atoms with Gasteiger partial charge in [0.2, 0.25) is 23.5 Å². The molecule has 3 aliphatic rings. The number of Topliss-reactive ketones (excluding diaryl/α,β-unsaturated/α-hetero) is 1. The highest BCUT2D eigenvalue weighted by molar-refractivity contribution is 6.37. The first-order valence-electron chi connectivity index (χ1n) is 17.2. The van der Waals surface area contributed by atoms with Crippen LogP contribution in [0.5, 0.6) is 0 Å². The van der Waals surface area contributed by atoms with Gasteiger partial charge in [-0.15, -0.1) is 0 Å². The molecule has 7 amide bonds. The molecule has 15 nitrogen and oxygen atoms in total. The monoisotopic (exact) mass is 691 g/mol. The number of amides is 7. The average molecular weight is 692 g/mol. The van der Waals surface area contributed by atoms with Crippen molar-refractivity contribution in [2.24, 2.45) is 33.6 Å². The number of primary amides is 2. The number of nitrogens with zero attached hydrogens (tertiary/aromatic N) is 2. The summed E-state index contributed by atoms with van der Waals surface area (Å²) >= 11 is 0. The average Bonchev–Trinajstić information content (AvgIpc) is 3.34. The van der Waals surface area contributed by atoms with E-state index in [1.807, 2.05) is 20.8 Å². The number of nitrogens with one attached hydrogen (secondary N) is 3. The minimum atomic E-state index is -1.20. The fraction of sp³-hybridized carbons (Fsp3) is 0.794. The van der Waals surface area contributed by atoms with E-state index in [4.69, 9.17) is 16.2 Å². The lowest BCUT2D eigenvalue weighted by molar-refractivity contribution is -0.143. The Morgan fingerprint density at radius 3 is 2.08 bits per heavy atom. The standard InChI is InChI=1S/C34H57N7O8/c1-32(2,3)23(18-40-13-12-34(7,8)16-24(40)42)38-31(48)39-26(33(4,5)6)29(46)41-17-20(49-30(36)47)15-22(41)28(45)37-21(25(43)27(35)44)14-19-10-9-11-19/h19-23,26H,9-18H2,1-8H3,(H2,35,44)(H2,36,47)(H,37,45)(H2,38,39,48)/t20-,21?,22+,23-,26-/m1/s1. The molecule has 3 fully saturated rings. The van der Waals surface area contributed by atoms with Crippen LogP contribution in [0.4, 0.5) is 9.59 Å². The normalized spacial score (nSPS) is 23.1. The number of piperidine rings is 1. The number of ether oxygens (including phenoxy) is 1. The van der Waals surface area contributed by atoms with Crippen molar-refractivity contribution < 1.29 is 38.3 Å². The van der Waals surface area contributed by atoms with E-state index < -0.39 is 76.7 Å². The second-order valence-electron chi connectivity index (χ2n) is 16.9. The van der Waals surface area contributed by atoms with E-state index in [1.54, 1.807) is 25.7 Å². The third-order valence-corrected chi connectivity index (χ3v) is 9.98. The lowest BCUT2D eigenvalue weighted by Crippen LogP contribution is -2.62. The van der Waals surface area contributed by atoms with E-state index >= 15 is 0 Å².